The lowest BCUT2D eigenvalue weighted by molar-refractivity contribution is 0.0891. The van der Waals surface area contributed by atoms with Crippen molar-refractivity contribution in [3.63, 3.8) is 0 Å². The number of rotatable bonds is 4. The maximum Gasteiger partial charge on any atom is 0.273 e. The zero-order valence-corrected chi connectivity index (χ0v) is 12.3. The van der Waals surface area contributed by atoms with E-state index in [0.717, 1.165) is 11.8 Å². The maximum atomic E-state index is 11.9. The van der Waals surface area contributed by atoms with E-state index >= 15 is 0 Å². The minimum atomic E-state index is -0.178. The summed E-state index contributed by atoms with van der Waals surface area (Å²) in [6.07, 6.45) is 0.881. The first-order valence-electron chi connectivity index (χ1n) is 5.64. The third kappa shape index (κ3) is 4.15. The fraction of sp³-hybridized carbons (Fsp3) is 0.667. The molecule has 5 heteroatoms. The topological polar surface area (TPSA) is 55.1 Å². The van der Waals surface area contributed by atoms with Gasteiger partial charge in [0.05, 0.1) is 0 Å². The smallest absolute Gasteiger partial charge is 0.273 e. The van der Waals surface area contributed by atoms with Crippen molar-refractivity contribution in [2.75, 3.05) is 5.33 Å². The number of nitrogens with zero attached hydrogens (tertiary/aromatic N) is 1. The van der Waals surface area contributed by atoms with Crippen molar-refractivity contribution in [2.24, 2.45) is 5.41 Å². The van der Waals surface area contributed by atoms with E-state index in [0.29, 0.717) is 11.5 Å². The number of nitrogens with one attached hydrogen (secondary N) is 1. The Morgan fingerprint density at radius 3 is 2.65 bits per heavy atom. The molecule has 1 rings (SSSR count). The first-order chi connectivity index (χ1) is 7.84. The van der Waals surface area contributed by atoms with Crippen LogP contribution >= 0.6 is 15.9 Å². The lowest BCUT2D eigenvalue weighted by atomic mass is 9.85. The molecule has 1 aromatic rings. The highest BCUT2D eigenvalue weighted by molar-refractivity contribution is 9.09. The van der Waals surface area contributed by atoms with Gasteiger partial charge in [-0.3, -0.25) is 4.79 Å². The fourth-order valence-electron chi connectivity index (χ4n) is 1.54. The van der Waals surface area contributed by atoms with Crippen LogP contribution in [0.15, 0.2) is 10.6 Å². The summed E-state index contributed by atoms with van der Waals surface area (Å²) in [6, 6.07) is 1.75. The lowest BCUT2D eigenvalue weighted by Crippen LogP contribution is -2.44. The quantitative estimate of drug-likeness (QED) is 0.870. The Balaban J connectivity index is 2.71. The number of alkyl halides is 1. The second kappa shape index (κ2) is 5.67. The molecule has 0 saturated heterocycles. The molecule has 0 aliphatic carbocycles. The molecule has 1 amide bonds. The van der Waals surface area contributed by atoms with E-state index in [1.807, 2.05) is 0 Å². The van der Waals surface area contributed by atoms with Gasteiger partial charge in [0.1, 0.15) is 5.76 Å². The van der Waals surface area contributed by atoms with Crippen molar-refractivity contribution in [3.05, 3.63) is 17.5 Å². The van der Waals surface area contributed by atoms with Crippen molar-refractivity contribution in [2.45, 2.75) is 40.2 Å². The van der Waals surface area contributed by atoms with E-state index in [4.69, 9.17) is 4.52 Å². The van der Waals surface area contributed by atoms with Gasteiger partial charge in [0, 0.05) is 17.4 Å². The molecule has 0 aliphatic heterocycles. The molecule has 0 radical (unpaired) electrons. The summed E-state index contributed by atoms with van der Waals surface area (Å²) < 4.78 is 4.89. The SMILES string of the molecule is Cc1cc(C(=O)NC(CCBr)C(C)(C)C)no1. The van der Waals surface area contributed by atoms with Crippen molar-refractivity contribution >= 4 is 21.8 Å². The Kier molecular flexibility index (Phi) is 4.74. The fourth-order valence-corrected chi connectivity index (χ4v) is 1.99. The van der Waals surface area contributed by atoms with Crippen molar-refractivity contribution in [1.82, 2.24) is 10.5 Å². The summed E-state index contributed by atoms with van der Waals surface area (Å²) >= 11 is 3.41. The van der Waals surface area contributed by atoms with Crippen molar-refractivity contribution in [1.29, 1.82) is 0 Å². The molecule has 17 heavy (non-hydrogen) atoms. The molecule has 1 aromatic heterocycles. The average Bonchev–Trinajstić information content (AvgIpc) is 2.62. The summed E-state index contributed by atoms with van der Waals surface area (Å²) in [5.74, 6) is 0.464. The van der Waals surface area contributed by atoms with Gasteiger partial charge in [-0.2, -0.15) is 0 Å². The first kappa shape index (κ1) is 14.2. The van der Waals surface area contributed by atoms with Gasteiger partial charge < -0.3 is 9.84 Å². The number of amides is 1. The number of halogens is 1. The predicted molar refractivity (Wildman–Crippen MR) is 70.4 cm³/mol. The molecule has 1 heterocycles. The van der Waals surface area contributed by atoms with E-state index < -0.39 is 0 Å². The standard InChI is InChI=1S/C12H19BrN2O2/c1-8-7-9(15-17-8)11(16)14-10(5-6-13)12(2,3)4/h7,10H,5-6H2,1-4H3,(H,14,16). The van der Waals surface area contributed by atoms with Crippen LogP contribution in [-0.2, 0) is 0 Å². The molecule has 4 nitrogen and oxygen atoms in total. The van der Waals surface area contributed by atoms with Crippen LogP contribution in [0, 0.1) is 12.3 Å². The molecule has 1 N–H and O–H groups in total. The van der Waals surface area contributed by atoms with Crippen LogP contribution < -0.4 is 5.32 Å². The van der Waals surface area contributed by atoms with Crippen LogP contribution in [0.25, 0.3) is 0 Å². The van der Waals surface area contributed by atoms with Crippen molar-refractivity contribution < 1.29 is 9.32 Å². The Bertz CT molecular complexity index is 382. The highest BCUT2D eigenvalue weighted by atomic mass is 79.9. The van der Waals surface area contributed by atoms with Crippen LogP contribution in [0.1, 0.15) is 43.4 Å². The highest BCUT2D eigenvalue weighted by Crippen LogP contribution is 2.22. The third-order valence-electron chi connectivity index (χ3n) is 2.61. The van der Waals surface area contributed by atoms with Crippen LogP contribution in [0.3, 0.4) is 0 Å². The number of hydrogen-bond acceptors (Lipinski definition) is 3. The van der Waals surface area contributed by atoms with Gasteiger partial charge in [0.25, 0.3) is 5.91 Å². The van der Waals surface area contributed by atoms with E-state index in [2.05, 4.69) is 47.2 Å². The number of hydrogen-bond donors (Lipinski definition) is 1. The number of carbonyl (C=O) groups is 1. The van der Waals surface area contributed by atoms with Crippen LogP contribution in [0.4, 0.5) is 0 Å². The molecule has 0 fully saturated rings. The monoisotopic (exact) mass is 302 g/mol. The third-order valence-corrected chi connectivity index (χ3v) is 3.07. The van der Waals surface area contributed by atoms with Crippen LogP contribution in [-0.4, -0.2) is 22.4 Å². The Morgan fingerprint density at radius 2 is 2.24 bits per heavy atom. The molecule has 1 atom stereocenters. The van der Waals surface area contributed by atoms with Crippen LogP contribution in [0.2, 0.25) is 0 Å². The molecular weight excluding hydrogens is 284 g/mol. The van der Waals surface area contributed by atoms with E-state index in [1.165, 1.54) is 0 Å². The summed E-state index contributed by atoms with van der Waals surface area (Å²) in [5, 5.41) is 7.56. The lowest BCUT2D eigenvalue weighted by Gasteiger charge is -2.30. The zero-order chi connectivity index (χ0) is 13.1. The minimum Gasteiger partial charge on any atom is -0.361 e. The number of aryl methyl sites for hydroxylation is 1. The van der Waals surface area contributed by atoms with E-state index in [9.17, 15) is 4.79 Å². The molecular formula is C12H19BrN2O2. The highest BCUT2D eigenvalue weighted by Gasteiger charge is 2.26. The zero-order valence-electron chi connectivity index (χ0n) is 10.7. The first-order valence-corrected chi connectivity index (χ1v) is 6.77. The maximum absolute atomic E-state index is 11.9. The molecule has 0 bridgehead atoms. The Labute approximate surface area is 110 Å². The molecule has 0 spiro atoms. The average molecular weight is 303 g/mol. The van der Waals surface area contributed by atoms with E-state index in [-0.39, 0.29) is 17.4 Å². The molecule has 1 unspecified atom stereocenters. The summed E-state index contributed by atoms with van der Waals surface area (Å²) in [7, 11) is 0. The molecule has 96 valence electrons. The Morgan fingerprint density at radius 1 is 1.59 bits per heavy atom. The van der Waals surface area contributed by atoms with Gasteiger partial charge in [-0.15, -0.1) is 0 Å². The summed E-state index contributed by atoms with van der Waals surface area (Å²) in [5.41, 5.74) is 0.355. The predicted octanol–water partition coefficient (Wildman–Crippen LogP) is 2.91. The molecule has 0 aromatic carbocycles. The summed E-state index contributed by atoms with van der Waals surface area (Å²) in [6.45, 7) is 8.08. The normalized spacial score (nSPS) is 13.5. The van der Waals surface area contributed by atoms with Gasteiger partial charge in [0.2, 0.25) is 0 Å². The largest absolute Gasteiger partial charge is 0.361 e. The van der Waals surface area contributed by atoms with Gasteiger partial charge in [-0.1, -0.05) is 41.9 Å². The number of carbonyl (C=O) groups excluding carboxylic acids is 1. The Hall–Kier alpha value is -0.840. The van der Waals surface area contributed by atoms with Crippen molar-refractivity contribution in [3.8, 4) is 0 Å². The van der Waals surface area contributed by atoms with Gasteiger partial charge in [-0.05, 0) is 18.8 Å². The molecule has 0 aliphatic rings. The second-order valence-corrected chi connectivity index (χ2v) is 5.99. The van der Waals surface area contributed by atoms with Gasteiger partial charge in [0.15, 0.2) is 5.69 Å². The second-order valence-electron chi connectivity index (χ2n) is 5.19. The number of aromatic nitrogens is 1. The van der Waals surface area contributed by atoms with Gasteiger partial charge in [-0.25, -0.2) is 0 Å². The van der Waals surface area contributed by atoms with E-state index in [1.54, 1.807) is 13.0 Å². The summed E-state index contributed by atoms with van der Waals surface area (Å²) in [4.78, 5) is 11.9. The molecule has 0 saturated carbocycles. The van der Waals surface area contributed by atoms with Gasteiger partial charge >= 0.3 is 0 Å². The minimum absolute atomic E-state index is 0.0161. The van der Waals surface area contributed by atoms with Crippen LogP contribution in [0.5, 0.6) is 0 Å².